The largest absolute Gasteiger partial charge is 0.382 e. The molecule has 0 saturated carbocycles. The molecule has 2 aliphatic rings. The monoisotopic (exact) mass is 410 g/mol. The number of imidazole rings is 1. The van der Waals surface area contributed by atoms with Gasteiger partial charge in [0.15, 0.2) is 23.2 Å². The van der Waals surface area contributed by atoms with E-state index in [9.17, 15) is 0 Å². The van der Waals surface area contributed by atoms with Gasteiger partial charge in [0.25, 0.3) is 0 Å². The highest BCUT2D eigenvalue weighted by Crippen LogP contribution is 2.31. The van der Waals surface area contributed by atoms with Crippen molar-refractivity contribution in [2.45, 2.75) is 6.54 Å². The van der Waals surface area contributed by atoms with Crippen LogP contribution in [0.2, 0.25) is 10.0 Å². The molecule has 0 saturated heterocycles. The molecule has 0 spiro atoms. The molecule has 0 fully saturated rings. The zero-order chi connectivity index (χ0) is 19.3. The fourth-order valence-electron chi connectivity index (χ4n) is 3.06. The SMILES string of the molecule is Nc1ncn(Cc2c(Cl)cncc2Cl)c2nc(-c3cnn4ccccc34)nc1-2. The Morgan fingerprint density at radius 2 is 1.86 bits per heavy atom. The third-order valence-electron chi connectivity index (χ3n) is 4.44. The summed E-state index contributed by atoms with van der Waals surface area (Å²) in [4.78, 5) is 17.5. The Kier molecular flexibility index (Phi) is 3.88. The fraction of sp³-hybridized carbons (Fsp3) is 0.0556. The second-order valence-electron chi connectivity index (χ2n) is 6.15. The summed E-state index contributed by atoms with van der Waals surface area (Å²) in [7, 11) is 0. The van der Waals surface area contributed by atoms with Gasteiger partial charge in [-0.3, -0.25) is 4.98 Å². The third-order valence-corrected chi connectivity index (χ3v) is 5.09. The van der Waals surface area contributed by atoms with Crippen LogP contribution in [0.15, 0.2) is 49.3 Å². The van der Waals surface area contributed by atoms with E-state index >= 15 is 0 Å². The van der Waals surface area contributed by atoms with Gasteiger partial charge in [-0.05, 0) is 12.1 Å². The molecule has 0 unspecified atom stereocenters. The van der Waals surface area contributed by atoms with Crippen molar-refractivity contribution in [3.8, 4) is 22.9 Å². The first-order chi connectivity index (χ1) is 13.6. The van der Waals surface area contributed by atoms with E-state index in [1.54, 1.807) is 34.0 Å². The summed E-state index contributed by atoms with van der Waals surface area (Å²) in [5.74, 6) is 1.41. The van der Waals surface area contributed by atoms with Crippen molar-refractivity contribution in [3.63, 3.8) is 0 Å². The van der Waals surface area contributed by atoms with Gasteiger partial charge in [-0.2, -0.15) is 5.10 Å². The molecule has 10 heteroatoms. The number of fused-ring (bicyclic) bond motifs is 2. The quantitative estimate of drug-likeness (QED) is 0.488. The van der Waals surface area contributed by atoms with Crippen molar-refractivity contribution in [1.82, 2.24) is 34.1 Å². The molecule has 2 N–H and O–H groups in total. The van der Waals surface area contributed by atoms with Crippen molar-refractivity contribution in [1.29, 1.82) is 0 Å². The van der Waals surface area contributed by atoms with E-state index in [1.807, 2.05) is 24.4 Å². The smallest absolute Gasteiger partial charge is 0.166 e. The third kappa shape index (κ3) is 2.65. The molecule has 3 aromatic rings. The Labute approximate surface area is 168 Å². The number of pyridine rings is 2. The Morgan fingerprint density at radius 3 is 2.68 bits per heavy atom. The van der Waals surface area contributed by atoms with Crippen LogP contribution in [-0.4, -0.2) is 34.1 Å². The second kappa shape index (κ2) is 6.43. The van der Waals surface area contributed by atoms with Crippen LogP contribution in [0.1, 0.15) is 5.56 Å². The molecule has 138 valence electrons. The molecule has 0 atom stereocenters. The van der Waals surface area contributed by atoms with Gasteiger partial charge < -0.3 is 10.3 Å². The van der Waals surface area contributed by atoms with Gasteiger partial charge in [0.05, 0.1) is 40.2 Å². The topological polar surface area (TPSA) is 99.8 Å². The molecule has 0 radical (unpaired) electrons. The van der Waals surface area contributed by atoms with Gasteiger partial charge in [0, 0.05) is 24.2 Å². The minimum Gasteiger partial charge on any atom is -0.382 e. The minimum atomic E-state index is 0.299. The molecular weight excluding hydrogens is 399 g/mol. The highest BCUT2D eigenvalue weighted by Gasteiger charge is 2.22. The summed E-state index contributed by atoms with van der Waals surface area (Å²) < 4.78 is 3.57. The Bertz CT molecular complexity index is 1270. The van der Waals surface area contributed by atoms with Gasteiger partial charge in [-0.25, -0.2) is 19.5 Å². The van der Waals surface area contributed by atoms with Crippen molar-refractivity contribution >= 4 is 34.5 Å². The molecule has 0 bridgehead atoms. The summed E-state index contributed by atoms with van der Waals surface area (Å²) in [5, 5.41) is 5.27. The molecule has 3 aromatic heterocycles. The van der Waals surface area contributed by atoms with E-state index in [-0.39, 0.29) is 0 Å². The lowest BCUT2D eigenvalue weighted by atomic mass is 10.2. The average Bonchev–Trinajstić information content (AvgIpc) is 3.31. The van der Waals surface area contributed by atoms with Crippen LogP contribution < -0.4 is 5.73 Å². The highest BCUT2D eigenvalue weighted by molar-refractivity contribution is 6.35. The number of nitrogens with zero attached hydrogens (tertiary/aromatic N) is 7. The number of halogens is 2. The van der Waals surface area contributed by atoms with Crippen molar-refractivity contribution in [3.05, 3.63) is 64.9 Å². The number of anilines is 1. The van der Waals surface area contributed by atoms with Crippen LogP contribution in [0.4, 0.5) is 5.82 Å². The van der Waals surface area contributed by atoms with Gasteiger partial charge >= 0.3 is 0 Å². The first kappa shape index (κ1) is 16.9. The number of nitrogen functional groups attached to an aromatic ring is 1. The maximum absolute atomic E-state index is 6.26. The zero-order valence-corrected chi connectivity index (χ0v) is 15.8. The number of rotatable bonds is 3. The summed E-state index contributed by atoms with van der Waals surface area (Å²) in [5.41, 5.74) is 8.98. The summed E-state index contributed by atoms with van der Waals surface area (Å²) in [6.07, 6.45) is 8.29. The van der Waals surface area contributed by atoms with Crippen LogP contribution in [0, 0.1) is 0 Å². The second-order valence-corrected chi connectivity index (χ2v) is 6.96. The molecule has 5 heterocycles. The molecular formula is C18H12Cl2N8. The predicted octanol–water partition coefficient (Wildman–Crippen LogP) is 3.42. The van der Waals surface area contributed by atoms with Gasteiger partial charge in [-0.1, -0.05) is 29.3 Å². The normalized spacial score (nSPS) is 11.5. The molecule has 5 rings (SSSR count). The van der Waals surface area contributed by atoms with E-state index in [2.05, 4.69) is 20.1 Å². The van der Waals surface area contributed by atoms with Gasteiger partial charge in [0.2, 0.25) is 0 Å². The molecule has 2 aliphatic heterocycles. The predicted molar refractivity (Wildman–Crippen MR) is 106 cm³/mol. The molecule has 28 heavy (non-hydrogen) atoms. The molecule has 0 amide bonds. The molecule has 0 aromatic carbocycles. The molecule has 0 aliphatic carbocycles. The lowest BCUT2D eigenvalue weighted by Crippen LogP contribution is -2.10. The summed E-state index contributed by atoms with van der Waals surface area (Å²) in [6.45, 7) is 0.358. The number of nitrogens with two attached hydrogens (primary N) is 1. The van der Waals surface area contributed by atoms with E-state index < -0.39 is 0 Å². The van der Waals surface area contributed by atoms with Crippen molar-refractivity contribution in [2.24, 2.45) is 0 Å². The van der Waals surface area contributed by atoms with Crippen LogP contribution in [0.5, 0.6) is 0 Å². The van der Waals surface area contributed by atoms with Crippen LogP contribution in [-0.2, 0) is 6.54 Å². The van der Waals surface area contributed by atoms with E-state index in [1.165, 1.54) is 0 Å². The fourth-order valence-corrected chi connectivity index (χ4v) is 3.54. The Balaban J connectivity index is 1.66. The number of hydrogen-bond acceptors (Lipinski definition) is 6. The first-order valence-electron chi connectivity index (χ1n) is 8.31. The summed E-state index contributed by atoms with van der Waals surface area (Å²) in [6, 6.07) is 5.80. The number of hydrogen-bond donors (Lipinski definition) is 1. The van der Waals surface area contributed by atoms with E-state index in [4.69, 9.17) is 33.9 Å². The number of aromatic nitrogens is 7. The summed E-state index contributed by atoms with van der Waals surface area (Å²) >= 11 is 12.5. The van der Waals surface area contributed by atoms with Crippen molar-refractivity contribution < 1.29 is 0 Å². The van der Waals surface area contributed by atoms with Crippen LogP contribution >= 0.6 is 23.2 Å². The maximum atomic E-state index is 6.26. The Morgan fingerprint density at radius 1 is 1.04 bits per heavy atom. The van der Waals surface area contributed by atoms with E-state index in [0.717, 1.165) is 16.6 Å². The van der Waals surface area contributed by atoms with Crippen molar-refractivity contribution in [2.75, 3.05) is 5.73 Å². The van der Waals surface area contributed by atoms with Gasteiger partial charge in [0.1, 0.15) is 0 Å². The lowest BCUT2D eigenvalue weighted by molar-refractivity contribution is 0.762. The maximum Gasteiger partial charge on any atom is 0.166 e. The average molecular weight is 411 g/mol. The van der Waals surface area contributed by atoms with Crippen LogP contribution in [0.25, 0.3) is 28.4 Å². The molecule has 8 nitrogen and oxygen atoms in total. The zero-order valence-electron chi connectivity index (χ0n) is 14.3. The lowest BCUT2D eigenvalue weighted by Gasteiger charge is -2.13. The van der Waals surface area contributed by atoms with E-state index in [0.29, 0.717) is 39.8 Å². The standard InChI is InChI=1S/C18H12Cl2N8/c19-12-6-22-7-13(20)11(12)8-27-9-23-16(21)15-18(27)26-17(25-15)10-5-24-28-4-2-1-3-14(10)28/h1-7,9H,8,21H2. The van der Waals surface area contributed by atoms with Crippen LogP contribution in [0.3, 0.4) is 0 Å². The highest BCUT2D eigenvalue weighted by atomic mass is 35.5. The first-order valence-corrected chi connectivity index (χ1v) is 9.06. The van der Waals surface area contributed by atoms with Gasteiger partial charge in [-0.15, -0.1) is 0 Å². The minimum absolute atomic E-state index is 0.299. The Hall–Kier alpha value is -3.23.